The van der Waals surface area contributed by atoms with E-state index in [2.05, 4.69) is 15.4 Å². The summed E-state index contributed by atoms with van der Waals surface area (Å²) in [6.45, 7) is 1.61. The number of urea groups is 1. The highest BCUT2D eigenvalue weighted by atomic mass is 32.2. The van der Waals surface area contributed by atoms with Gasteiger partial charge in [0.1, 0.15) is 11.6 Å². The lowest BCUT2D eigenvalue weighted by atomic mass is 9.98. The number of carbonyl (C=O) groups excluding carboxylic acids is 1. The summed E-state index contributed by atoms with van der Waals surface area (Å²) in [6.07, 6.45) is 0.306. The van der Waals surface area contributed by atoms with Crippen LogP contribution in [0.4, 0.5) is 19.3 Å². The summed E-state index contributed by atoms with van der Waals surface area (Å²) < 4.78 is 60.6. The van der Waals surface area contributed by atoms with Gasteiger partial charge in [-0.05, 0) is 56.0 Å². The quantitative estimate of drug-likeness (QED) is 0.461. The Kier molecular flexibility index (Phi) is 8.35. The van der Waals surface area contributed by atoms with Gasteiger partial charge in [0.25, 0.3) is 0 Å². The second kappa shape index (κ2) is 11.0. The number of sulfonamides is 1. The molecule has 4 N–H and O–H groups in total. The van der Waals surface area contributed by atoms with E-state index in [0.717, 1.165) is 23.8 Å². The highest BCUT2D eigenvalue weighted by Crippen LogP contribution is 2.23. The average Bonchev–Trinajstić information content (AvgIpc) is 2.77. The lowest BCUT2D eigenvalue weighted by molar-refractivity contribution is -0.0871. The molecule has 0 bridgehead atoms. The van der Waals surface area contributed by atoms with Gasteiger partial charge in [-0.15, -0.1) is 0 Å². The molecule has 1 aliphatic rings. The number of nitrogens with one attached hydrogen (secondary N) is 3. The molecule has 0 aliphatic carbocycles. The number of aliphatic hydroxyl groups excluding tert-OH is 1. The van der Waals surface area contributed by atoms with Gasteiger partial charge in [-0.1, -0.05) is 12.1 Å². The molecule has 33 heavy (non-hydrogen) atoms. The summed E-state index contributed by atoms with van der Waals surface area (Å²) in [7, 11) is -3.77. The van der Waals surface area contributed by atoms with Crippen molar-refractivity contribution in [2.24, 2.45) is 0 Å². The molecular formula is C22H27F2N3O5S. The standard InChI is InChI=1S/C22H27F2N3O5S/c1-14-3-2-4-17(11-14)33(30,31)27-19-8-6-16(32-21(19)13-28)9-10-25-22(29)26-20-12-15(23)5-7-18(20)24/h2-5,7,11-12,16,19,21,27-28H,6,8-10,13H2,1H3,(H2,25,26,29)/t16-,19+,21-/m0/s1. The minimum absolute atomic E-state index is 0.145. The first-order valence-electron chi connectivity index (χ1n) is 10.5. The van der Waals surface area contributed by atoms with Crippen LogP contribution in [0.2, 0.25) is 0 Å². The fourth-order valence-corrected chi connectivity index (χ4v) is 5.04. The maximum atomic E-state index is 13.6. The zero-order chi connectivity index (χ0) is 24.0. The number of hydrogen-bond acceptors (Lipinski definition) is 5. The third kappa shape index (κ3) is 6.94. The van der Waals surface area contributed by atoms with E-state index in [1.165, 1.54) is 6.07 Å². The minimum atomic E-state index is -3.77. The molecule has 1 heterocycles. The molecule has 1 fully saturated rings. The van der Waals surface area contributed by atoms with Gasteiger partial charge in [0.2, 0.25) is 10.0 Å². The van der Waals surface area contributed by atoms with Gasteiger partial charge in [-0.3, -0.25) is 0 Å². The van der Waals surface area contributed by atoms with Crippen LogP contribution in [0.3, 0.4) is 0 Å². The molecular weight excluding hydrogens is 456 g/mol. The number of hydrogen-bond donors (Lipinski definition) is 4. The number of carbonyl (C=O) groups is 1. The minimum Gasteiger partial charge on any atom is -0.394 e. The number of aliphatic hydroxyl groups is 1. The Hall–Kier alpha value is -2.60. The first kappa shape index (κ1) is 25.0. The summed E-state index contributed by atoms with van der Waals surface area (Å²) in [5, 5.41) is 14.5. The van der Waals surface area contributed by atoms with E-state index in [4.69, 9.17) is 4.74 Å². The topological polar surface area (TPSA) is 117 Å². The van der Waals surface area contributed by atoms with Crippen molar-refractivity contribution < 1.29 is 31.8 Å². The van der Waals surface area contributed by atoms with Gasteiger partial charge >= 0.3 is 6.03 Å². The van der Waals surface area contributed by atoms with E-state index in [1.54, 1.807) is 25.1 Å². The van der Waals surface area contributed by atoms with Crippen LogP contribution < -0.4 is 15.4 Å². The van der Waals surface area contributed by atoms with Crippen molar-refractivity contribution in [1.82, 2.24) is 10.0 Å². The molecule has 0 radical (unpaired) electrons. The summed E-state index contributed by atoms with van der Waals surface area (Å²) in [4.78, 5) is 12.1. The second-order valence-electron chi connectivity index (χ2n) is 7.89. The molecule has 0 unspecified atom stereocenters. The van der Waals surface area contributed by atoms with Crippen molar-refractivity contribution in [1.29, 1.82) is 0 Å². The van der Waals surface area contributed by atoms with Crippen LogP contribution in [0.25, 0.3) is 0 Å². The fraction of sp³-hybridized carbons (Fsp3) is 0.409. The zero-order valence-electron chi connectivity index (χ0n) is 18.1. The number of amides is 2. The van der Waals surface area contributed by atoms with E-state index >= 15 is 0 Å². The van der Waals surface area contributed by atoms with Crippen molar-refractivity contribution in [3.05, 3.63) is 59.7 Å². The van der Waals surface area contributed by atoms with Crippen molar-refractivity contribution in [3.63, 3.8) is 0 Å². The molecule has 0 saturated carbocycles. The van der Waals surface area contributed by atoms with Gasteiger partial charge in [0.05, 0.1) is 35.4 Å². The zero-order valence-corrected chi connectivity index (χ0v) is 18.9. The maximum absolute atomic E-state index is 13.6. The number of anilines is 1. The van der Waals surface area contributed by atoms with Gasteiger partial charge in [-0.2, -0.15) is 0 Å². The molecule has 2 aromatic carbocycles. The van der Waals surface area contributed by atoms with Crippen LogP contribution >= 0.6 is 0 Å². The van der Waals surface area contributed by atoms with Crippen molar-refractivity contribution in [3.8, 4) is 0 Å². The molecule has 0 spiro atoms. The van der Waals surface area contributed by atoms with Crippen LogP contribution in [0.5, 0.6) is 0 Å². The Morgan fingerprint density at radius 3 is 2.70 bits per heavy atom. The molecule has 1 aliphatic heterocycles. The molecule has 1 saturated heterocycles. The monoisotopic (exact) mass is 483 g/mol. The number of aryl methyl sites for hydroxylation is 1. The number of benzene rings is 2. The largest absolute Gasteiger partial charge is 0.394 e. The number of ether oxygens (including phenoxy) is 1. The fourth-order valence-electron chi connectivity index (χ4n) is 3.64. The van der Waals surface area contributed by atoms with E-state index in [0.29, 0.717) is 19.3 Å². The number of halogens is 2. The molecule has 2 amide bonds. The predicted octanol–water partition coefficient (Wildman–Crippen LogP) is 2.67. The highest BCUT2D eigenvalue weighted by Gasteiger charge is 2.33. The van der Waals surface area contributed by atoms with Crippen LogP contribution in [-0.2, 0) is 14.8 Å². The van der Waals surface area contributed by atoms with E-state index in [-0.39, 0.29) is 29.8 Å². The Morgan fingerprint density at radius 2 is 1.97 bits per heavy atom. The second-order valence-corrected chi connectivity index (χ2v) is 9.61. The van der Waals surface area contributed by atoms with E-state index in [9.17, 15) is 27.1 Å². The van der Waals surface area contributed by atoms with Crippen LogP contribution in [0.1, 0.15) is 24.8 Å². The van der Waals surface area contributed by atoms with Gasteiger partial charge in [0.15, 0.2) is 0 Å². The Morgan fingerprint density at radius 1 is 1.18 bits per heavy atom. The maximum Gasteiger partial charge on any atom is 0.319 e. The molecule has 3 rings (SSSR count). The smallest absolute Gasteiger partial charge is 0.319 e. The third-order valence-corrected chi connectivity index (χ3v) is 6.82. The highest BCUT2D eigenvalue weighted by molar-refractivity contribution is 7.89. The Bertz CT molecular complexity index is 1080. The molecule has 0 aromatic heterocycles. The average molecular weight is 484 g/mol. The van der Waals surface area contributed by atoms with Crippen molar-refractivity contribution in [2.45, 2.75) is 49.3 Å². The summed E-state index contributed by atoms with van der Waals surface area (Å²) in [6, 6.07) is 7.98. The van der Waals surface area contributed by atoms with Crippen LogP contribution in [0, 0.1) is 18.6 Å². The first-order chi connectivity index (χ1) is 15.7. The van der Waals surface area contributed by atoms with Crippen LogP contribution in [0.15, 0.2) is 47.4 Å². The van der Waals surface area contributed by atoms with Crippen molar-refractivity contribution in [2.75, 3.05) is 18.5 Å². The van der Waals surface area contributed by atoms with E-state index in [1.807, 2.05) is 0 Å². The molecule has 2 aromatic rings. The SMILES string of the molecule is Cc1cccc(S(=O)(=O)N[C@@H]2CC[C@@H](CCNC(=O)Nc3cc(F)ccc3F)O[C@H]2CO)c1. The lowest BCUT2D eigenvalue weighted by Crippen LogP contribution is -2.51. The van der Waals surface area contributed by atoms with Gasteiger partial charge < -0.3 is 20.5 Å². The lowest BCUT2D eigenvalue weighted by Gasteiger charge is -2.36. The summed E-state index contributed by atoms with van der Waals surface area (Å²) in [5.74, 6) is -1.43. The normalized spacial score (nSPS) is 20.9. The predicted molar refractivity (Wildman–Crippen MR) is 118 cm³/mol. The summed E-state index contributed by atoms with van der Waals surface area (Å²) >= 11 is 0. The van der Waals surface area contributed by atoms with Gasteiger partial charge in [-0.25, -0.2) is 26.7 Å². The van der Waals surface area contributed by atoms with E-state index < -0.39 is 39.8 Å². The Balaban J connectivity index is 1.48. The molecule has 8 nitrogen and oxygen atoms in total. The molecule has 180 valence electrons. The Labute approximate surface area is 191 Å². The van der Waals surface area contributed by atoms with Gasteiger partial charge in [0, 0.05) is 12.6 Å². The number of rotatable bonds is 8. The third-order valence-electron chi connectivity index (χ3n) is 5.33. The summed E-state index contributed by atoms with van der Waals surface area (Å²) in [5.41, 5.74) is 0.540. The molecule has 11 heteroatoms. The van der Waals surface area contributed by atoms with Crippen molar-refractivity contribution >= 4 is 21.7 Å². The first-order valence-corrected chi connectivity index (χ1v) is 12.0. The molecule has 3 atom stereocenters. The van der Waals surface area contributed by atoms with Crippen LogP contribution in [-0.4, -0.2) is 51.0 Å².